The van der Waals surface area contributed by atoms with E-state index in [1.165, 1.54) is 23.3 Å². The maximum atomic E-state index is 6.34. The first kappa shape index (κ1) is 15.2. The zero-order chi connectivity index (χ0) is 13.7. The number of nitrogens with two attached hydrogens (primary N) is 1. The zero-order valence-electron chi connectivity index (χ0n) is 11.4. The van der Waals surface area contributed by atoms with Gasteiger partial charge in [-0.25, -0.2) is 0 Å². The molecule has 2 N–H and O–H groups in total. The van der Waals surface area contributed by atoms with Gasteiger partial charge >= 0.3 is 0 Å². The molecule has 2 atom stereocenters. The van der Waals surface area contributed by atoms with Crippen molar-refractivity contribution in [2.75, 3.05) is 12.4 Å². The first-order chi connectivity index (χ1) is 9.20. The Kier molecular flexibility index (Phi) is 6.02. The summed E-state index contributed by atoms with van der Waals surface area (Å²) in [5, 5.41) is 0.837. The normalized spacial score (nSPS) is 20.7. The molecule has 2 unspecified atom stereocenters. The van der Waals surface area contributed by atoms with Gasteiger partial charge in [-0.2, -0.15) is 0 Å². The van der Waals surface area contributed by atoms with Gasteiger partial charge in [0.05, 0.1) is 11.1 Å². The predicted molar refractivity (Wildman–Crippen MR) is 83.1 cm³/mol. The second kappa shape index (κ2) is 7.53. The van der Waals surface area contributed by atoms with E-state index in [4.69, 9.17) is 22.1 Å². The summed E-state index contributed by atoms with van der Waals surface area (Å²) >= 11 is 8.15. The highest BCUT2D eigenvalue weighted by Crippen LogP contribution is 2.33. The molecule has 0 spiro atoms. The molecule has 2 rings (SSSR count). The van der Waals surface area contributed by atoms with Crippen LogP contribution in [0, 0.1) is 0 Å². The molecule has 19 heavy (non-hydrogen) atoms. The van der Waals surface area contributed by atoms with Crippen molar-refractivity contribution < 1.29 is 4.74 Å². The molecule has 1 aliphatic rings. The smallest absolute Gasteiger partial charge is 0.0669 e. The number of thioether (sulfide) groups is 1. The molecule has 0 bridgehead atoms. The Morgan fingerprint density at radius 2 is 2.37 bits per heavy atom. The second-order valence-electron chi connectivity index (χ2n) is 5.05. The van der Waals surface area contributed by atoms with Crippen molar-refractivity contribution in [2.24, 2.45) is 5.73 Å². The minimum absolute atomic E-state index is 0.209. The third-order valence-corrected chi connectivity index (χ3v) is 5.23. The quantitative estimate of drug-likeness (QED) is 0.809. The van der Waals surface area contributed by atoms with E-state index in [1.54, 1.807) is 0 Å². The van der Waals surface area contributed by atoms with Crippen molar-refractivity contribution in [3.05, 3.63) is 28.8 Å². The van der Waals surface area contributed by atoms with Crippen LogP contribution in [-0.4, -0.2) is 24.5 Å². The van der Waals surface area contributed by atoms with Crippen LogP contribution < -0.4 is 5.73 Å². The molecule has 1 fully saturated rings. The fourth-order valence-electron chi connectivity index (χ4n) is 2.25. The largest absolute Gasteiger partial charge is 0.377 e. The Balaban J connectivity index is 2.03. The van der Waals surface area contributed by atoms with E-state index < -0.39 is 0 Å². The zero-order valence-corrected chi connectivity index (χ0v) is 13.0. The molecular weight excluding hydrogens is 278 g/mol. The summed E-state index contributed by atoms with van der Waals surface area (Å²) in [4.78, 5) is 1.18. The Morgan fingerprint density at radius 1 is 1.53 bits per heavy atom. The molecule has 2 nitrogen and oxygen atoms in total. The molecule has 0 amide bonds. The molecule has 106 valence electrons. The van der Waals surface area contributed by atoms with Gasteiger partial charge in [-0.05, 0) is 37.3 Å². The Hall–Kier alpha value is -0.220. The number of benzene rings is 1. The van der Waals surface area contributed by atoms with Crippen LogP contribution in [0.15, 0.2) is 23.1 Å². The monoisotopic (exact) mass is 299 g/mol. The number of hydrogen-bond acceptors (Lipinski definition) is 3. The van der Waals surface area contributed by atoms with Crippen molar-refractivity contribution >= 4 is 23.4 Å². The number of rotatable bonds is 6. The van der Waals surface area contributed by atoms with E-state index >= 15 is 0 Å². The number of halogens is 1. The molecular formula is C15H22ClNOS. The van der Waals surface area contributed by atoms with Crippen LogP contribution in [0.5, 0.6) is 0 Å². The van der Waals surface area contributed by atoms with E-state index in [0.717, 1.165) is 30.2 Å². The van der Waals surface area contributed by atoms with Gasteiger partial charge in [-0.1, -0.05) is 30.7 Å². The van der Waals surface area contributed by atoms with Crippen LogP contribution in [0.3, 0.4) is 0 Å². The minimum atomic E-state index is 0.209. The lowest BCUT2D eigenvalue weighted by Gasteiger charge is -2.16. The maximum absolute atomic E-state index is 6.34. The summed E-state index contributed by atoms with van der Waals surface area (Å²) in [7, 11) is 0. The molecule has 1 aromatic rings. The minimum Gasteiger partial charge on any atom is -0.377 e. The van der Waals surface area contributed by atoms with Gasteiger partial charge in [0.2, 0.25) is 0 Å². The first-order valence-electron chi connectivity index (χ1n) is 6.98. The third-order valence-electron chi connectivity index (χ3n) is 3.49. The van der Waals surface area contributed by atoms with E-state index in [-0.39, 0.29) is 6.04 Å². The fourth-order valence-corrected chi connectivity index (χ4v) is 3.77. The summed E-state index contributed by atoms with van der Waals surface area (Å²) in [6.07, 6.45) is 4.62. The molecule has 1 saturated heterocycles. The van der Waals surface area contributed by atoms with Crippen LogP contribution in [0.25, 0.3) is 0 Å². The van der Waals surface area contributed by atoms with E-state index in [9.17, 15) is 0 Å². The summed E-state index contributed by atoms with van der Waals surface area (Å²) in [5.41, 5.74) is 7.33. The van der Waals surface area contributed by atoms with E-state index in [2.05, 4.69) is 13.0 Å². The maximum Gasteiger partial charge on any atom is 0.0669 e. The molecule has 1 aromatic carbocycles. The van der Waals surface area contributed by atoms with E-state index in [1.807, 2.05) is 23.9 Å². The predicted octanol–water partition coefficient (Wildman–Crippen LogP) is 3.89. The fraction of sp³-hybridized carbons (Fsp3) is 0.600. The van der Waals surface area contributed by atoms with Crippen molar-refractivity contribution in [3.8, 4) is 0 Å². The van der Waals surface area contributed by atoms with Crippen LogP contribution in [0.4, 0.5) is 0 Å². The van der Waals surface area contributed by atoms with Crippen molar-refractivity contribution in [1.29, 1.82) is 0 Å². The van der Waals surface area contributed by atoms with Crippen LogP contribution in [0.2, 0.25) is 5.02 Å². The first-order valence-corrected chi connectivity index (χ1v) is 8.34. The van der Waals surface area contributed by atoms with Crippen LogP contribution in [-0.2, 0) is 11.2 Å². The number of hydrogen-bond donors (Lipinski definition) is 1. The standard InChI is InChI=1S/C15H22ClNOS/c1-2-12(17)9-11-5-3-7-14(16)15(11)19-10-13-6-4-8-18-13/h3,5,7,12-13H,2,4,6,8-10,17H2,1H3. The van der Waals surface area contributed by atoms with Gasteiger partial charge in [0, 0.05) is 23.3 Å². The van der Waals surface area contributed by atoms with Gasteiger partial charge in [-0.15, -0.1) is 11.8 Å². The Labute approximate surface area is 125 Å². The molecule has 0 aliphatic carbocycles. The molecule has 4 heteroatoms. The van der Waals surface area contributed by atoms with Gasteiger partial charge in [-0.3, -0.25) is 0 Å². The lowest BCUT2D eigenvalue weighted by atomic mass is 10.0. The Morgan fingerprint density at radius 3 is 3.05 bits per heavy atom. The Bertz CT molecular complexity index is 407. The summed E-state index contributed by atoms with van der Waals surface area (Å²) in [6, 6.07) is 6.32. The molecule has 0 saturated carbocycles. The van der Waals surface area contributed by atoms with Crippen molar-refractivity contribution in [2.45, 2.75) is 49.6 Å². The van der Waals surface area contributed by atoms with Crippen LogP contribution >= 0.6 is 23.4 Å². The highest BCUT2D eigenvalue weighted by atomic mass is 35.5. The number of ether oxygens (including phenoxy) is 1. The highest BCUT2D eigenvalue weighted by Gasteiger charge is 2.18. The van der Waals surface area contributed by atoms with Crippen molar-refractivity contribution in [1.82, 2.24) is 0 Å². The van der Waals surface area contributed by atoms with Crippen molar-refractivity contribution in [3.63, 3.8) is 0 Å². The second-order valence-corrected chi connectivity index (χ2v) is 6.48. The summed E-state index contributed by atoms with van der Waals surface area (Å²) in [6.45, 7) is 3.02. The lowest BCUT2D eigenvalue weighted by Crippen LogP contribution is -2.21. The average molecular weight is 300 g/mol. The molecule has 1 aliphatic heterocycles. The van der Waals surface area contributed by atoms with Gasteiger partial charge in [0.1, 0.15) is 0 Å². The van der Waals surface area contributed by atoms with Gasteiger partial charge < -0.3 is 10.5 Å². The van der Waals surface area contributed by atoms with E-state index in [0.29, 0.717) is 6.10 Å². The van der Waals surface area contributed by atoms with Crippen LogP contribution in [0.1, 0.15) is 31.7 Å². The highest BCUT2D eigenvalue weighted by molar-refractivity contribution is 7.99. The average Bonchev–Trinajstić information content (AvgIpc) is 2.91. The molecule has 0 aromatic heterocycles. The third kappa shape index (κ3) is 4.38. The van der Waals surface area contributed by atoms with Gasteiger partial charge in [0.25, 0.3) is 0 Å². The van der Waals surface area contributed by atoms with Gasteiger partial charge in [0.15, 0.2) is 0 Å². The molecule has 0 radical (unpaired) electrons. The summed E-state index contributed by atoms with van der Waals surface area (Å²) in [5.74, 6) is 0.984. The SMILES string of the molecule is CCC(N)Cc1cccc(Cl)c1SCC1CCCO1. The lowest BCUT2D eigenvalue weighted by molar-refractivity contribution is 0.129. The summed E-state index contributed by atoms with van der Waals surface area (Å²) < 4.78 is 5.67. The molecule has 1 heterocycles. The topological polar surface area (TPSA) is 35.2 Å².